The van der Waals surface area contributed by atoms with Gasteiger partial charge in [0, 0.05) is 29.7 Å². The SMILES string of the molecule is CC(C)N(C(=O)c1cnc2c(cnn2C(C)C)c1)C1CCCC1. The number of pyridine rings is 1. The summed E-state index contributed by atoms with van der Waals surface area (Å²) in [6.07, 6.45) is 8.18. The summed E-state index contributed by atoms with van der Waals surface area (Å²) < 4.78 is 1.89. The van der Waals surface area contributed by atoms with Crippen molar-refractivity contribution >= 4 is 16.9 Å². The molecule has 0 aliphatic heterocycles. The van der Waals surface area contributed by atoms with Crippen LogP contribution in [-0.4, -0.2) is 37.7 Å². The summed E-state index contributed by atoms with van der Waals surface area (Å²) in [4.78, 5) is 19.6. The Labute approximate surface area is 137 Å². The van der Waals surface area contributed by atoms with E-state index < -0.39 is 0 Å². The Morgan fingerprint density at radius 2 is 1.91 bits per heavy atom. The number of fused-ring (bicyclic) bond motifs is 1. The van der Waals surface area contributed by atoms with E-state index in [9.17, 15) is 4.79 Å². The molecule has 2 aromatic heterocycles. The molecule has 0 saturated heterocycles. The maximum atomic E-state index is 13.0. The van der Waals surface area contributed by atoms with Crippen molar-refractivity contribution in [3.63, 3.8) is 0 Å². The van der Waals surface area contributed by atoms with Gasteiger partial charge in [0.1, 0.15) is 0 Å². The molecule has 5 nitrogen and oxygen atoms in total. The Bertz CT molecular complexity index is 698. The third-order valence-corrected chi connectivity index (χ3v) is 4.68. The topological polar surface area (TPSA) is 51.0 Å². The number of hydrogen-bond acceptors (Lipinski definition) is 3. The Hall–Kier alpha value is -1.91. The Morgan fingerprint density at radius 3 is 2.52 bits per heavy atom. The predicted molar refractivity (Wildman–Crippen MR) is 91.5 cm³/mol. The van der Waals surface area contributed by atoms with E-state index in [0.717, 1.165) is 23.9 Å². The Morgan fingerprint density at radius 1 is 1.22 bits per heavy atom. The van der Waals surface area contributed by atoms with Gasteiger partial charge >= 0.3 is 0 Å². The van der Waals surface area contributed by atoms with Crippen LogP contribution in [0.5, 0.6) is 0 Å². The summed E-state index contributed by atoms with van der Waals surface area (Å²) in [5.74, 6) is 0.0959. The zero-order chi connectivity index (χ0) is 16.6. The van der Waals surface area contributed by atoms with Gasteiger partial charge in [-0.15, -0.1) is 0 Å². The van der Waals surface area contributed by atoms with E-state index in [1.165, 1.54) is 12.8 Å². The number of aromatic nitrogens is 3. The molecule has 1 fully saturated rings. The molecule has 0 unspecified atom stereocenters. The van der Waals surface area contributed by atoms with E-state index in [1.54, 1.807) is 12.4 Å². The van der Waals surface area contributed by atoms with Crippen molar-refractivity contribution in [2.75, 3.05) is 0 Å². The molecule has 23 heavy (non-hydrogen) atoms. The summed E-state index contributed by atoms with van der Waals surface area (Å²) in [5.41, 5.74) is 1.51. The highest BCUT2D eigenvalue weighted by Gasteiger charge is 2.29. The quantitative estimate of drug-likeness (QED) is 0.862. The van der Waals surface area contributed by atoms with E-state index in [4.69, 9.17) is 0 Å². The maximum absolute atomic E-state index is 13.0. The number of nitrogens with zero attached hydrogens (tertiary/aromatic N) is 4. The van der Waals surface area contributed by atoms with Crippen LogP contribution in [0.3, 0.4) is 0 Å². The van der Waals surface area contributed by atoms with E-state index in [2.05, 4.69) is 37.8 Å². The monoisotopic (exact) mass is 314 g/mol. The average molecular weight is 314 g/mol. The first-order valence-corrected chi connectivity index (χ1v) is 8.65. The summed E-state index contributed by atoms with van der Waals surface area (Å²) in [5, 5.41) is 5.31. The largest absolute Gasteiger partial charge is 0.333 e. The van der Waals surface area contributed by atoms with Crippen molar-refractivity contribution < 1.29 is 4.79 Å². The van der Waals surface area contributed by atoms with Gasteiger partial charge in [-0.25, -0.2) is 9.67 Å². The van der Waals surface area contributed by atoms with Crippen LogP contribution in [0.15, 0.2) is 18.5 Å². The molecule has 1 saturated carbocycles. The fraction of sp³-hybridized carbons (Fsp3) is 0.611. The van der Waals surface area contributed by atoms with Crippen LogP contribution >= 0.6 is 0 Å². The third-order valence-electron chi connectivity index (χ3n) is 4.68. The molecule has 5 heteroatoms. The van der Waals surface area contributed by atoms with Gasteiger partial charge in [-0.05, 0) is 46.6 Å². The van der Waals surface area contributed by atoms with Crippen LogP contribution in [0.1, 0.15) is 69.8 Å². The first-order chi connectivity index (χ1) is 11.0. The summed E-state index contributed by atoms with van der Waals surface area (Å²) in [6.45, 7) is 8.35. The first-order valence-electron chi connectivity index (χ1n) is 8.65. The highest BCUT2D eigenvalue weighted by atomic mass is 16.2. The molecule has 1 amide bonds. The van der Waals surface area contributed by atoms with Crippen molar-refractivity contribution in [3.8, 4) is 0 Å². The smallest absolute Gasteiger partial charge is 0.255 e. The molecule has 0 atom stereocenters. The molecule has 2 heterocycles. The van der Waals surface area contributed by atoms with E-state index in [0.29, 0.717) is 11.6 Å². The van der Waals surface area contributed by atoms with Gasteiger partial charge in [0.05, 0.1) is 11.8 Å². The lowest BCUT2D eigenvalue weighted by Crippen LogP contribution is -2.43. The van der Waals surface area contributed by atoms with Crippen molar-refractivity contribution in [1.82, 2.24) is 19.7 Å². The molecule has 0 aromatic carbocycles. The molecule has 1 aliphatic rings. The number of hydrogen-bond donors (Lipinski definition) is 0. The second-order valence-electron chi connectivity index (χ2n) is 7.06. The van der Waals surface area contributed by atoms with Crippen molar-refractivity contribution in [1.29, 1.82) is 0 Å². The van der Waals surface area contributed by atoms with Gasteiger partial charge in [0.2, 0.25) is 0 Å². The van der Waals surface area contributed by atoms with Crippen LogP contribution in [0.4, 0.5) is 0 Å². The van der Waals surface area contributed by atoms with Crippen LogP contribution in [0, 0.1) is 0 Å². The molecule has 124 valence electrons. The summed E-state index contributed by atoms with van der Waals surface area (Å²) in [7, 11) is 0. The number of amides is 1. The summed E-state index contributed by atoms with van der Waals surface area (Å²) in [6, 6.07) is 2.77. The minimum atomic E-state index is 0.0959. The van der Waals surface area contributed by atoms with Gasteiger partial charge in [-0.3, -0.25) is 4.79 Å². The molecular formula is C18H26N4O. The molecule has 1 aliphatic carbocycles. The second kappa shape index (κ2) is 6.30. The molecule has 3 rings (SSSR count). The summed E-state index contributed by atoms with van der Waals surface area (Å²) >= 11 is 0. The van der Waals surface area contributed by atoms with Crippen molar-refractivity contribution in [2.45, 2.75) is 71.5 Å². The van der Waals surface area contributed by atoms with E-state index in [-0.39, 0.29) is 18.0 Å². The fourth-order valence-electron chi connectivity index (χ4n) is 3.59. The number of rotatable bonds is 4. The van der Waals surface area contributed by atoms with Gasteiger partial charge in [0.25, 0.3) is 5.91 Å². The second-order valence-corrected chi connectivity index (χ2v) is 7.06. The van der Waals surface area contributed by atoms with Gasteiger partial charge < -0.3 is 4.90 Å². The van der Waals surface area contributed by atoms with Crippen LogP contribution in [0.25, 0.3) is 11.0 Å². The Balaban J connectivity index is 1.93. The predicted octanol–water partition coefficient (Wildman–Crippen LogP) is 3.81. The molecule has 0 spiro atoms. The van der Waals surface area contributed by atoms with E-state index >= 15 is 0 Å². The lowest BCUT2D eigenvalue weighted by molar-refractivity contribution is 0.0613. The lowest BCUT2D eigenvalue weighted by Gasteiger charge is -2.32. The lowest BCUT2D eigenvalue weighted by atomic mass is 10.1. The molecule has 0 bridgehead atoms. The molecule has 0 radical (unpaired) electrons. The normalized spacial score (nSPS) is 15.9. The standard InChI is InChI=1S/C18H26N4O/c1-12(2)21(16-7-5-6-8-16)18(23)15-9-14-11-20-22(13(3)4)17(14)19-10-15/h9-13,16H,5-8H2,1-4H3. The highest BCUT2D eigenvalue weighted by molar-refractivity contribution is 5.97. The highest BCUT2D eigenvalue weighted by Crippen LogP contribution is 2.27. The fourth-order valence-corrected chi connectivity index (χ4v) is 3.59. The minimum absolute atomic E-state index is 0.0959. The number of carbonyl (C=O) groups is 1. The van der Waals surface area contributed by atoms with Crippen molar-refractivity contribution in [2.24, 2.45) is 0 Å². The maximum Gasteiger partial charge on any atom is 0.255 e. The van der Waals surface area contributed by atoms with Gasteiger partial charge in [-0.2, -0.15) is 5.10 Å². The van der Waals surface area contributed by atoms with Crippen molar-refractivity contribution in [3.05, 3.63) is 24.0 Å². The molecule has 2 aromatic rings. The van der Waals surface area contributed by atoms with Crippen LogP contribution in [-0.2, 0) is 0 Å². The van der Waals surface area contributed by atoms with Crippen LogP contribution < -0.4 is 0 Å². The molecule has 0 N–H and O–H groups in total. The van der Waals surface area contributed by atoms with Gasteiger partial charge in [-0.1, -0.05) is 12.8 Å². The zero-order valence-corrected chi connectivity index (χ0v) is 14.5. The van der Waals surface area contributed by atoms with E-state index in [1.807, 2.05) is 15.6 Å². The third kappa shape index (κ3) is 2.96. The molecular weight excluding hydrogens is 288 g/mol. The zero-order valence-electron chi connectivity index (χ0n) is 14.5. The first kappa shape index (κ1) is 16.0. The minimum Gasteiger partial charge on any atom is -0.333 e. The van der Waals surface area contributed by atoms with Gasteiger partial charge in [0.15, 0.2) is 5.65 Å². The Kier molecular flexibility index (Phi) is 4.37. The number of carbonyl (C=O) groups excluding carboxylic acids is 1. The average Bonchev–Trinajstić information content (AvgIpc) is 3.15. The van der Waals surface area contributed by atoms with Crippen LogP contribution in [0.2, 0.25) is 0 Å².